The fourth-order valence-corrected chi connectivity index (χ4v) is 3.45. The largest absolute Gasteiger partial charge is 0.416 e. The molecule has 2 aliphatic carbocycles. The van der Waals surface area contributed by atoms with Crippen LogP contribution in [0.4, 0.5) is 26.3 Å². The molecule has 2 fully saturated rings. The summed E-state index contributed by atoms with van der Waals surface area (Å²) in [6.07, 6.45) is -6.96. The monoisotopic (exact) mass is 470 g/mol. The Morgan fingerprint density at radius 1 is 0.818 bits per heavy atom. The standard InChI is InChI=1S/C23H20F6N2O2/c24-22(25,26)16-9-15(10-17(11-16)23(27,28)29)21(33)31(19-7-8-19)12-13-1-3-14(4-2-13)20(32)30-18-5-6-18/h1-4,9-11,18-19H,5-8,12H2,(H,30,32). The average molecular weight is 470 g/mol. The smallest absolute Gasteiger partial charge is 0.349 e. The first-order chi connectivity index (χ1) is 15.4. The van der Waals surface area contributed by atoms with Crippen molar-refractivity contribution in [2.75, 3.05) is 0 Å². The molecule has 0 atom stereocenters. The minimum absolute atomic E-state index is 0.00363. The van der Waals surface area contributed by atoms with Crippen LogP contribution in [0.25, 0.3) is 0 Å². The maximum Gasteiger partial charge on any atom is 0.416 e. The number of amides is 2. The van der Waals surface area contributed by atoms with E-state index in [-0.39, 0.29) is 30.6 Å². The van der Waals surface area contributed by atoms with Crippen molar-refractivity contribution >= 4 is 11.8 Å². The SMILES string of the molecule is O=C(NC1CC1)c1ccc(CN(C(=O)c2cc(C(F)(F)F)cc(C(F)(F)F)c2)C2CC2)cc1. The maximum atomic E-state index is 13.2. The third-order valence-corrected chi connectivity index (χ3v) is 5.56. The molecule has 33 heavy (non-hydrogen) atoms. The first kappa shape index (κ1) is 23.1. The maximum absolute atomic E-state index is 13.2. The second kappa shape index (κ2) is 8.39. The lowest BCUT2D eigenvalue weighted by molar-refractivity contribution is -0.143. The number of halogens is 6. The molecule has 4 rings (SSSR count). The molecular formula is C23H20F6N2O2. The van der Waals surface area contributed by atoms with Crippen LogP contribution in [-0.2, 0) is 18.9 Å². The van der Waals surface area contributed by atoms with Crippen molar-refractivity contribution in [3.63, 3.8) is 0 Å². The Bertz CT molecular complexity index is 1020. The quantitative estimate of drug-likeness (QED) is 0.573. The molecule has 0 bridgehead atoms. The van der Waals surface area contributed by atoms with Crippen molar-refractivity contribution in [1.82, 2.24) is 10.2 Å². The highest BCUT2D eigenvalue weighted by Gasteiger charge is 2.39. The zero-order valence-corrected chi connectivity index (χ0v) is 17.3. The third-order valence-electron chi connectivity index (χ3n) is 5.56. The normalized spacial score (nSPS) is 16.4. The van der Waals surface area contributed by atoms with E-state index in [4.69, 9.17) is 0 Å². The first-order valence-corrected chi connectivity index (χ1v) is 10.4. The van der Waals surface area contributed by atoms with Crippen molar-refractivity contribution in [1.29, 1.82) is 0 Å². The number of hydrogen-bond acceptors (Lipinski definition) is 2. The molecule has 0 unspecified atom stereocenters. The summed E-state index contributed by atoms with van der Waals surface area (Å²) in [6, 6.07) is 7.24. The van der Waals surface area contributed by atoms with E-state index in [1.807, 2.05) is 0 Å². The average Bonchev–Trinajstić information content (AvgIpc) is 3.65. The molecule has 2 aliphatic rings. The number of carbonyl (C=O) groups excluding carboxylic acids is 2. The molecular weight excluding hydrogens is 450 g/mol. The van der Waals surface area contributed by atoms with E-state index in [0.717, 1.165) is 12.8 Å². The van der Waals surface area contributed by atoms with Crippen LogP contribution >= 0.6 is 0 Å². The van der Waals surface area contributed by atoms with Gasteiger partial charge < -0.3 is 10.2 Å². The highest BCUT2D eigenvalue weighted by Crippen LogP contribution is 2.37. The van der Waals surface area contributed by atoms with E-state index >= 15 is 0 Å². The fourth-order valence-electron chi connectivity index (χ4n) is 3.45. The summed E-state index contributed by atoms with van der Waals surface area (Å²) >= 11 is 0. The van der Waals surface area contributed by atoms with Crippen LogP contribution < -0.4 is 5.32 Å². The minimum Gasteiger partial charge on any atom is -0.349 e. The Morgan fingerprint density at radius 3 is 1.82 bits per heavy atom. The second-order valence-electron chi connectivity index (χ2n) is 8.40. The lowest BCUT2D eigenvalue weighted by atomic mass is 10.0. The van der Waals surface area contributed by atoms with Crippen LogP contribution in [0.15, 0.2) is 42.5 Å². The van der Waals surface area contributed by atoms with E-state index in [0.29, 0.717) is 36.1 Å². The Kier molecular flexibility index (Phi) is 5.88. The Labute approximate surface area is 185 Å². The number of hydrogen-bond donors (Lipinski definition) is 1. The van der Waals surface area contributed by atoms with E-state index in [2.05, 4.69) is 5.32 Å². The van der Waals surface area contributed by atoms with E-state index in [9.17, 15) is 35.9 Å². The van der Waals surface area contributed by atoms with E-state index in [1.165, 1.54) is 4.90 Å². The van der Waals surface area contributed by atoms with Crippen molar-refractivity contribution in [2.24, 2.45) is 0 Å². The highest BCUT2D eigenvalue weighted by molar-refractivity contribution is 5.95. The molecule has 10 heteroatoms. The van der Waals surface area contributed by atoms with E-state index < -0.39 is 35.0 Å². The molecule has 2 aromatic carbocycles. The van der Waals surface area contributed by atoms with Crippen molar-refractivity contribution in [3.8, 4) is 0 Å². The van der Waals surface area contributed by atoms with Crippen LogP contribution in [0.1, 0.15) is 63.1 Å². The van der Waals surface area contributed by atoms with Gasteiger partial charge in [0.25, 0.3) is 11.8 Å². The van der Waals surface area contributed by atoms with Gasteiger partial charge in [0.1, 0.15) is 0 Å². The Hall–Kier alpha value is -3.04. The van der Waals surface area contributed by atoms with Crippen LogP contribution in [0.2, 0.25) is 0 Å². The predicted molar refractivity (Wildman–Crippen MR) is 106 cm³/mol. The fraction of sp³-hybridized carbons (Fsp3) is 0.391. The molecule has 176 valence electrons. The van der Waals surface area contributed by atoms with Crippen molar-refractivity contribution in [3.05, 3.63) is 70.3 Å². The van der Waals surface area contributed by atoms with Gasteiger partial charge >= 0.3 is 12.4 Å². The molecule has 2 aromatic rings. The van der Waals surface area contributed by atoms with Gasteiger partial charge in [-0.1, -0.05) is 12.1 Å². The molecule has 0 spiro atoms. The molecule has 0 heterocycles. The molecule has 0 aliphatic heterocycles. The predicted octanol–water partition coefficient (Wildman–Crippen LogP) is 5.42. The highest BCUT2D eigenvalue weighted by atomic mass is 19.4. The van der Waals surface area contributed by atoms with Gasteiger partial charge in [-0.3, -0.25) is 9.59 Å². The molecule has 0 radical (unpaired) electrons. The van der Waals surface area contributed by atoms with Gasteiger partial charge in [-0.15, -0.1) is 0 Å². The van der Waals surface area contributed by atoms with E-state index in [1.54, 1.807) is 24.3 Å². The van der Waals surface area contributed by atoms with Gasteiger partial charge in [0.2, 0.25) is 0 Å². The van der Waals surface area contributed by atoms with Gasteiger partial charge in [-0.25, -0.2) is 0 Å². The summed E-state index contributed by atoms with van der Waals surface area (Å²) < 4.78 is 79.1. The second-order valence-corrected chi connectivity index (χ2v) is 8.40. The number of alkyl halides is 6. The van der Waals surface area contributed by atoms with Gasteiger partial charge in [-0.05, 0) is 61.6 Å². The van der Waals surface area contributed by atoms with Crippen LogP contribution in [0.5, 0.6) is 0 Å². The summed E-state index contributed by atoms with van der Waals surface area (Å²) in [7, 11) is 0. The lowest BCUT2D eigenvalue weighted by Gasteiger charge is -2.24. The summed E-state index contributed by atoms with van der Waals surface area (Å²) in [4.78, 5) is 26.4. The number of nitrogens with zero attached hydrogens (tertiary/aromatic N) is 1. The Morgan fingerprint density at radius 2 is 1.36 bits per heavy atom. The van der Waals surface area contributed by atoms with Crippen LogP contribution in [0, 0.1) is 0 Å². The van der Waals surface area contributed by atoms with Crippen LogP contribution in [-0.4, -0.2) is 28.8 Å². The molecule has 0 saturated heterocycles. The zero-order valence-electron chi connectivity index (χ0n) is 17.3. The summed E-state index contributed by atoms with van der Waals surface area (Å²) in [5.74, 6) is -1.12. The molecule has 4 nitrogen and oxygen atoms in total. The molecule has 2 amide bonds. The molecule has 2 saturated carbocycles. The van der Waals surface area contributed by atoms with Gasteiger partial charge in [0.15, 0.2) is 0 Å². The Balaban J connectivity index is 1.57. The van der Waals surface area contributed by atoms with Crippen molar-refractivity contribution in [2.45, 2.75) is 56.7 Å². The van der Waals surface area contributed by atoms with Gasteiger partial charge in [0, 0.05) is 29.8 Å². The topological polar surface area (TPSA) is 49.4 Å². The number of nitrogens with one attached hydrogen (secondary N) is 1. The zero-order chi connectivity index (χ0) is 24.0. The first-order valence-electron chi connectivity index (χ1n) is 10.4. The molecule has 0 aromatic heterocycles. The summed E-state index contributed by atoms with van der Waals surface area (Å²) in [5, 5.41) is 2.85. The lowest BCUT2D eigenvalue weighted by Crippen LogP contribution is -2.33. The van der Waals surface area contributed by atoms with Gasteiger partial charge in [-0.2, -0.15) is 26.3 Å². The number of benzene rings is 2. The minimum atomic E-state index is -5.03. The molecule has 1 N–H and O–H groups in total. The number of carbonyl (C=O) groups is 2. The van der Waals surface area contributed by atoms with Crippen molar-refractivity contribution < 1.29 is 35.9 Å². The number of rotatable bonds is 6. The third kappa shape index (κ3) is 5.66. The van der Waals surface area contributed by atoms with Gasteiger partial charge in [0.05, 0.1) is 11.1 Å². The summed E-state index contributed by atoms with van der Waals surface area (Å²) in [5.41, 5.74) is -2.67. The summed E-state index contributed by atoms with van der Waals surface area (Å²) in [6.45, 7) is 0.00558. The van der Waals surface area contributed by atoms with Crippen LogP contribution in [0.3, 0.4) is 0 Å².